The number of aromatic nitrogens is 10. The fourth-order valence-electron chi connectivity index (χ4n) is 9.60. The number of nitrogens with two attached hydrogens (primary N) is 1. The highest BCUT2D eigenvalue weighted by Crippen LogP contribution is 2.33. The Morgan fingerprint density at radius 3 is 1.56 bits per heavy atom. The minimum Gasteiger partial charge on any atom is -0.478 e. The zero-order valence-electron chi connectivity index (χ0n) is 46.6. The third-order valence-corrected chi connectivity index (χ3v) is 18.0. The van der Waals surface area contributed by atoms with E-state index < -0.39 is 5.97 Å². The van der Waals surface area contributed by atoms with Crippen LogP contribution in [0.15, 0.2) is 54.6 Å². The lowest BCUT2D eigenvalue weighted by Crippen LogP contribution is -2.26. The molecule has 28 heteroatoms. The third kappa shape index (κ3) is 13.1. The first-order valence-electron chi connectivity index (χ1n) is 26.8. The third-order valence-electron chi connectivity index (χ3n) is 14.0. The molecular weight excluding hydrogens is 1160 g/mol. The molecule has 84 heavy (non-hydrogen) atoms. The van der Waals surface area contributed by atoms with Gasteiger partial charge >= 0.3 is 11.9 Å². The van der Waals surface area contributed by atoms with Crippen LogP contribution in [-0.2, 0) is 108 Å². The molecule has 0 unspecified atom stereocenters. The van der Waals surface area contributed by atoms with Gasteiger partial charge in [-0.15, -0.1) is 11.3 Å². The van der Waals surface area contributed by atoms with Gasteiger partial charge in [-0.05, 0) is 54.6 Å². The van der Waals surface area contributed by atoms with E-state index in [1.165, 1.54) is 28.2 Å². The number of carbonyl (C=O) groups excluding carboxylic acids is 2. The average molecular weight is 1220 g/mol. The topological polar surface area (TPSA) is 294 Å². The number of esters is 1. The van der Waals surface area contributed by atoms with Gasteiger partial charge in [0.15, 0.2) is 15.4 Å². The molecule has 0 spiro atoms. The van der Waals surface area contributed by atoms with Gasteiger partial charge in [-0.2, -0.15) is 0 Å². The maximum absolute atomic E-state index is 12.2. The van der Waals surface area contributed by atoms with Gasteiger partial charge in [0, 0.05) is 66.0 Å². The standard InChI is InChI=1S/C18H21N5O3S.C17H17N3O3S.C15H14N4O3S.C6H8N2OS/c1-23-14-4-3-11(16(24)19-6-8-25-2)9-13(14)20-17(23)22-18-21-12-5-7-26-10-15(12)27-18;1-20-13-4-3-10(17(21)22-2)7-12(13)18-15(20)8-16-19-11-5-6-23-9-14(11)24-16;1-19-11-3-2-8(13(20)21)6-10(11)16-14(19)18-15-17-9-4-5-22-7-12(9)23-15;7-6-8-4-1-2-9-3-5(4)10-6/h3-4,9H,5-8,10H2,1-2H3,(H,19,24)(H,20,21,22);3-4,7H,5-6,8-9H2,1-2H3;2-3,6H,4-5,7H2,1H3,(H,20,21)(H,16,17,18);1-3H2,(H2,7,8). The predicted molar refractivity (Wildman–Crippen MR) is 320 cm³/mol. The van der Waals surface area contributed by atoms with Crippen molar-refractivity contribution in [1.82, 2.24) is 53.9 Å². The van der Waals surface area contributed by atoms with Crippen LogP contribution in [0.2, 0.25) is 0 Å². The molecule has 438 valence electrons. The number of nitrogens with zero attached hydrogens (tertiary/aromatic N) is 10. The highest BCUT2D eigenvalue weighted by Gasteiger charge is 2.22. The van der Waals surface area contributed by atoms with Crippen molar-refractivity contribution < 1.29 is 47.9 Å². The zero-order valence-corrected chi connectivity index (χ0v) is 49.9. The zero-order chi connectivity index (χ0) is 58.4. The summed E-state index contributed by atoms with van der Waals surface area (Å²) in [5.41, 5.74) is 16.3. The second kappa shape index (κ2) is 26.0. The van der Waals surface area contributed by atoms with Crippen LogP contribution in [0.4, 0.5) is 27.3 Å². The van der Waals surface area contributed by atoms with Gasteiger partial charge in [0.2, 0.25) is 11.9 Å². The molecule has 11 heterocycles. The van der Waals surface area contributed by atoms with Crippen LogP contribution in [0.1, 0.15) is 84.2 Å². The number of hydrogen-bond acceptors (Lipinski definition) is 23. The van der Waals surface area contributed by atoms with E-state index in [0.29, 0.717) is 86.3 Å². The number of amides is 1. The van der Waals surface area contributed by atoms with Crippen molar-refractivity contribution in [2.45, 2.75) is 58.5 Å². The van der Waals surface area contributed by atoms with Crippen molar-refractivity contribution in [3.63, 3.8) is 0 Å². The number of ether oxygens (including phenoxy) is 6. The van der Waals surface area contributed by atoms with E-state index in [-0.39, 0.29) is 17.4 Å². The summed E-state index contributed by atoms with van der Waals surface area (Å²) in [5, 5.41) is 21.7. The number of aryl methyl sites for hydroxylation is 3. The van der Waals surface area contributed by atoms with Gasteiger partial charge in [-0.3, -0.25) is 4.79 Å². The van der Waals surface area contributed by atoms with Crippen LogP contribution in [0.25, 0.3) is 33.1 Å². The lowest BCUT2D eigenvalue weighted by Gasteiger charge is -2.08. The lowest BCUT2D eigenvalue weighted by molar-refractivity contribution is 0.0599. The van der Waals surface area contributed by atoms with E-state index in [1.807, 2.05) is 47.0 Å². The van der Waals surface area contributed by atoms with E-state index in [4.69, 9.17) is 44.2 Å². The number of carbonyl (C=O) groups is 3. The molecule has 0 atom stereocenters. The van der Waals surface area contributed by atoms with Crippen LogP contribution < -0.4 is 21.7 Å². The molecule has 0 fully saturated rings. The van der Waals surface area contributed by atoms with E-state index in [9.17, 15) is 14.4 Å². The summed E-state index contributed by atoms with van der Waals surface area (Å²) >= 11 is 6.38. The SMILES string of the molecule is COC(=O)c1ccc2c(c1)nc(Cc1nc3c(s1)COCC3)n2C.COCCNC(=O)c1ccc2c(c1)nc(Nc1nc3c(s1)COCC3)n2C.Cn1c(Nc2nc3c(s2)COCC3)nc2cc(C(=O)O)ccc21.Nc1nc2c(s1)COCC2. The number of nitrogens with one attached hydrogen (secondary N) is 3. The molecule has 4 aliphatic rings. The van der Waals surface area contributed by atoms with Gasteiger partial charge in [0.25, 0.3) is 5.91 Å². The van der Waals surface area contributed by atoms with Crippen molar-refractivity contribution >= 4 is 124 Å². The van der Waals surface area contributed by atoms with Crippen LogP contribution >= 0.6 is 45.3 Å². The number of imidazole rings is 3. The fourth-order valence-corrected chi connectivity index (χ4v) is 13.3. The Morgan fingerprint density at radius 2 is 1.05 bits per heavy atom. The second-order valence-electron chi connectivity index (χ2n) is 19.5. The van der Waals surface area contributed by atoms with Crippen molar-refractivity contribution in [3.05, 3.63) is 124 Å². The number of carboxylic acid groups (broad SMARTS) is 1. The van der Waals surface area contributed by atoms with Crippen LogP contribution in [0.5, 0.6) is 0 Å². The molecule has 0 aliphatic carbocycles. The summed E-state index contributed by atoms with van der Waals surface area (Å²) in [6.45, 7) is 6.52. The predicted octanol–water partition coefficient (Wildman–Crippen LogP) is 8.04. The maximum atomic E-state index is 12.2. The average Bonchev–Trinajstić information content (AvgIpc) is 4.47. The largest absolute Gasteiger partial charge is 0.478 e. The number of anilines is 5. The Balaban J connectivity index is 0.000000122. The first-order chi connectivity index (χ1) is 40.8. The number of hydrogen-bond donors (Lipinski definition) is 5. The molecule has 7 aromatic heterocycles. The molecule has 4 aliphatic heterocycles. The van der Waals surface area contributed by atoms with Crippen LogP contribution in [0.3, 0.4) is 0 Å². The number of rotatable bonds is 12. The molecule has 14 rings (SSSR count). The van der Waals surface area contributed by atoms with Crippen LogP contribution in [-0.4, -0.2) is 125 Å². The number of nitrogen functional groups attached to an aromatic ring is 1. The highest BCUT2D eigenvalue weighted by molar-refractivity contribution is 7.16. The van der Waals surface area contributed by atoms with Crippen LogP contribution in [0, 0.1) is 0 Å². The summed E-state index contributed by atoms with van der Waals surface area (Å²) in [5.74, 6) is 0.806. The Morgan fingerprint density at radius 1 is 0.583 bits per heavy atom. The Bertz CT molecular complexity index is 3950. The molecular formula is C56H60N14O10S4. The molecule has 1 amide bonds. The number of benzene rings is 3. The molecule has 6 N–H and O–H groups in total. The molecule has 10 aromatic rings. The minimum absolute atomic E-state index is 0.137. The number of thiazole rings is 4. The van der Waals surface area contributed by atoms with E-state index in [0.717, 1.165) is 127 Å². The summed E-state index contributed by atoms with van der Waals surface area (Å²) in [7, 11) is 8.79. The maximum Gasteiger partial charge on any atom is 0.337 e. The Labute approximate surface area is 497 Å². The molecule has 3 aromatic carbocycles. The summed E-state index contributed by atoms with van der Waals surface area (Å²) in [4.78, 5) is 71.6. The van der Waals surface area contributed by atoms with E-state index >= 15 is 0 Å². The summed E-state index contributed by atoms with van der Waals surface area (Å²) in [6.07, 6.45) is 4.16. The first kappa shape index (κ1) is 58.0. The fraction of sp³-hybridized carbons (Fsp3) is 0.357. The van der Waals surface area contributed by atoms with Crippen molar-refractivity contribution in [2.75, 3.05) is 70.2 Å². The summed E-state index contributed by atoms with van der Waals surface area (Å²) < 4.78 is 37.2. The molecule has 0 radical (unpaired) electrons. The van der Waals surface area contributed by atoms with E-state index in [2.05, 4.69) is 45.9 Å². The minimum atomic E-state index is -0.959. The van der Waals surface area contributed by atoms with Crippen molar-refractivity contribution in [1.29, 1.82) is 0 Å². The highest BCUT2D eigenvalue weighted by atomic mass is 32.1. The second-order valence-corrected chi connectivity index (χ2v) is 24.0. The van der Waals surface area contributed by atoms with Gasteiger partial charge < -0.3 is 68.9 Å². The Kier molecular flexibility index (Phi) is 17.9. The van der Waals surface area contributed by atoms with E-state index in [1.54, 1.807) is 83.6 Å². The van der Waals surface area contributed by atoms with Gasteiger partial charge in [0.05, 0.1) is 160 Å². The van der Waals surface area contributed by atoms with Gasteiger partial charge in [-0.1, -0.05) is 34.0 Å². The number of fused-ring (bicyclic) bond motifs is 7. The molecule has 0 saturated heterocycles. The number of carboxylic acids is 1. The normalized spacial score (nSPS) is 14.2. The first-order valence-corrected chi connectivity index (χ1v) is 30.1. The quantitative estimate of drug-likeness (QED) is 0.0571. The number of aromatic carboxylic acids is 1. The van der Waals surface area contributed by atoms with Crippen molar-refractivity contribution in [3.8, 4) is 0 Å². The molecule has 0 saturated carbocycles. The lowest BCUT2D eigenvalue weighted by atomic mass is 10.2. The number of methoxy groups -OCH3 is 2. The van der Waals surface area contributed by atoms with Gasteiger partial charge in [-0.25, -0.2) is 44.5 Å². The van der Waals surface area contributed by atoms with Gasteiger partial charge in [0.1, 0.15) is 10.8 Å². The monoisotopic (exact) mass is 1220 g/mol. The molecule has 24 nitrogen and oxygen atoms in total. The Hall–Kier alpha value is -7.80. The van der Waals surface area contributed by atoms with Crippen molar-refractivity contribution in [2.24, 2.45) is 21.1 Å². The molecule has 0 bridgehead atoms. The smallest absolute Gasteiger partial charge is 0.337 e. The summed E-state index contributed by atoms with van der Waals surface area (Å²) in [6, 6.07) is 15.8.